The number of aliphatic hydroxyl groups excluding tert-OH is 1. The van der Waals surface area contributed by atoms with Crippen molar-refractivity contribution in [2.45, 2.75) is 44.0 Å². The summed E-state index contributed by atoms with van der Waals surface area (Å²) in [6.45, 7) is 0.653. The molecule has 0 spiro atoms. The van der Waals surface area contributed by atoms with Crippen LogP contribution in [0, 0.1) is 6.92 Å². The summed E-state index contributed by atoms with van der Waals surface area (Å²) in [5, 5.41) is 11.6. The molecule has 224 valence electrons. The van der Waals surface area contributed by atoms with Gasteiger partial charge in [0.2, 0.25) is 11.5 Å². The van der Waals surface area contributed by atoms with E-state index in [4.69, 9.17) is 5.11 Å². The molecule has 10 nitrogen and oxygen atoms in total. The Labute approximate surface area is 233 Å². The first-order valence-electron chi connectivity index (χ1n) is 12.8. The number of anilines is 4. The molecule has 2 aromatic rings. The maximum Gasteiger partial charge on any atom is 0.269 e. The Bertz CT molecular complexity index is 1420. The molecular weight excluding hydrogens is 575 g/mol. The second-order valence-electron chi connectivity index (χ2n) is 9.81. The van der Waals surface area contributed by atoms with Gasteiger partial charge in [0.05, 0.1) is 23.5 Å². The van der Waals surface area contributed by atoms with Gasteiger partial charge in [-0.3, -0.25) is 9.52 Å². The van der Waals surface area contributed by atoms with Crippen molar-refractivity contribution in [3.8, 4) is 0 Å². The highest BCUT2D eigenvalue weighted by molar-refractivity contribution is 7.93. The van der Waals surface area contributed by atoms with Crippen LogP contribution in [0.25, 0.3) is 0 Å². The third-order valence-electron chi connectivity index (χ3n) is 6.82. The van der Waals surface area contributed by atoms with Crippen molar-refractivity contribution in [2.75, 3.05) is 52.6 Å². The molecule has 4 rings (SSSR count). The van der Waals surface area contributed by atoms with Crippen molar-refractivity contribution in [3.05, 3.63) is 47.2 Å². The van der Waals surface area contributed by atoms with Crippen LogP contribution in [-0.2, 0) is 10.0 Å². The maximum atomic E-state index is 13.8. The zero-order chi connectivity index (χ0) is 29.9. The van der Waals surface area contributed by atoms with Gasteiger partial charge in [-0.05, 0) is 43.5 Å². The Hall–Kier alpha value is -3.53. The number of alkyl halides is 3. The number of benzene rings is 1. The van der Waals surface area contributed by atoms with Crippen molar-refractivity contribution in [1.82, 2.24) is 9.97 Å². The molecule has 0 unspecified atom stereocenters. The Kier molecular flexibility index (Phi) is 9.01. The van der Waals surface area contributed by atoms with Crippen LogP contribution in [0.3, 0.4) is 0 Å². The predicted octanol–water partition coefficient (Wildman–Crippen LogP) is 4.05. The zero-order valence-corrected chi connectivity index (χ0v) is 22.8. The van der Waals surface area contributed by atoms with Crippen LogP contribution in [0.15, 0.2) is 35.9 Å². The van der Waals surface area contributed by atoms with Gasteiger partial charge in [-0.15, -0.1) is 0 Å². The monoisotopic (exact) mass is 604 g/mol. The standard InChI is InChI=1S/C25H29F5N6O4S/c1-15-12-21(33-24(31-15)36-10-6-25(29,30)7-11-36)32-23(38)18-3-2-17(34-41(39,40)20(26)14-37)13-19(18)35-8-4-16(5-9-35)22(27)28/h2-3,12-13,20,34,37H,4-11,14H2,1H3,(H,31,32,33,38)/t20-/m1/s1. The number of halogens is 5. The quantitative estimate of drug-likeness (QED) is 0.385. The molecule has 1 aromatic heterocycles. The molecule has 41 heavy (non-hydrogen) atoms. The van der Waals surface area contributed by atoms with Crippen molar-refractivity contribution < 1.29 is 40.3 Å². The Morgan fingerprint density at radius 3 is 2.34 bits per heavy atom. The molecule has 2 aliphatic rings. The number of rotatable bonds is 8. The number of aromatic nitrogens is 2. The van der Waals surface area contributed by atoms with Crippen LogP contribution in [0.4, 0.5) is 45.1 Å². The minimum absolute atomic E-state index is 0.0136. The van der Waals surface area contributed by atoms with E-state index in [2.05, 4.69) is 15.3 Å². The van der Waals surface area contributed by atoms with E-state index in [1.807, 2.05) is 4.72 Å². The number of hydrogen-bond donors (Lipinski definition) is 3. The summed E-state index contributed by atoms with van der Waals surface area (Å²) in [4.78, 5) is 25.2. The molecule has 16 heteroatoms. The number of sulfonamides is 1. The average Bonchev–Trinajstić information content (AvgIpc) is 2.92. The number of piperidine rings is 2. The normalized spacial score (nSPS) is 18.2. The van der Waals surface area contributed by atoms with E-state index in [1.54, 1.807) is 16.7 Å². The molecule has 2 fully saturated rings. The van der Waals surface area contributed by atoms with Crippen LogP contribution in [0.5, 0.6) is 0 Å². The van der Waals surface area contributed by atoms with E-state index in [0.717, 1.165) is 0 Å². The van der Waals surface area contributed by atoms with Gasteiger partial charge in [-0.2, -0.15) is 13.8 Å². The Balaban J connectivity index is 1.62. The molecule has 2 aliphatic heterocycles. The predicted molar refractivity (Wildman–Crippen MR) is 143 cm³/mol. The number of hydrogen-bond acceptors (Lipinski definition) is 8. The molecule has 0 radical (unpaired) electrons. The highest BCUT2D eigenvalue weighted by Gasteiger charge is 2.35. The second kappa shape index (κ2) is 12.1. The van der Waals surface area contributed by atoms with Crippen molar-refractivity contribution in [3.63, 3.8) is 0 Å². The van der Waals surface area contributed by atoms with Crippen LogP contribution in [0.2, 0.25) is 0 Å². The third-order valence-corrected chi connectivity index (χ3v) is 8.16. The van der Waals surface area contributed by atoms with Crippen LogP contribution < -0.4 is 19.8 Å². The van der Waals surface area contributed by atoms with Crippen molar-refractivity contribution >= 4 is 39.1 Å². The van der Waals surface area contributed by atoms with E-state index in [9.17, 15) is 35.2 Å². The number of amides is 1. The van der Waals surface area contributed by atoms with E-state index >= 15 is 0 Å². The molecule has 1 atom stereocenters. The number of aliphatic hydroxyl groups is 1. The fourth-order valence-corrected chi connectivity index (χ4v) is 5.34. The molecule has 1 amide bonds. The molecule has 0 bridgehead atoms. The van der Waals surface area contributed by atoms with E-state index in [0.29, 0.717) is 5.69 Å². The molecule has 2 saturated heterocycles. The summed E-state index contributed by atoms with van der Waals surface area (Å²) in [6.07, 6.45) is -2.45. The van der Waals surface area contributed by atoms with Crippen molar-refractivity contribution in [2.24, 2.45) is 0 Å². The molecule has 1 aromatic carbocycles. The smallest absolute Gasteiger partial charge is 0.269 e. The lowest BCUT2D eigenvalue weighted by molar-refractivity contribution is -0.0222. The van der Waals surface area contributed by atoms with Gasteiger partial charge in [0.25, 0.3) is 27.9 Å². The summed E-state index contributed by atoms with van der Waals surface area (Å²) in [7, 11) is -4.60. The summed E-state index contributed by atoms with van der Waals surface area (Å²) in [6, 6.07) is 5.28. The SMILES string of the molecule is Cc1cc(NC(=O)c2ccc(NS(=O)(=O)[C@@H](F)CO)cc2N2CCC(=C(F)F)CC2)nc(N2CCC(F)(F)CC2)n1. The number of aryl methyl sites for hydroxylation is 1. The average molecular weight is 605 g/mol. The number of carbonyl (C=O) groups excluding carboxylic acids is 1. The third kappa shape index (κ3) is 7.41. The minimum Gasteiger partial charge on any atom is -0.392 e. The molecule has 0 aliphatic carbocycles. The van der Waals surface area contributed by atoms with Gasteiger partial charge in [0, 0.05) is 50.8 Å². The lowest BCUT2D eigenvalue weighted by atomic mass is 10.0. The van der Waals surface area contributed by atoms with Gasteiger partial charge in [-0.1, -0.05) is 0 Å². The fourth-order valence-electron chi connectivity index (χ4n) is 4.56. The topological polar surface area (TPSA) is 128 Å². The van der Waals surface area contributed by atoms with Gasteiger partial charge < -0.3 is 20.2 Å². The van der Waals surface area contributed by atoms with Crippen molar-refractivity contribution in [1.29, 1.82) is 0 Å². The van der Waals surface area contributed by atoms with E-state index in [1.165, 1.54) is 24.3 Å². The van der Waals surface area contributed by atoms with Crippen LogP contribution in [-0.4, -0.2) is 73.6 Å². The molecule has 3 N–H and O–H groups in total. The maximum absolute atomic E-state index is 13.8. The molecule has 0 saturated carbocycles. The minimum atomic E-state index is -4.60. The van der Waals surface area contributed by atoms with E-state index in [-0.39, 0.29) is 86.1 Å². The summed E-state index contributed by atoms with van der Waals surface area (Å²) in [5.74, 6) is -3.16. The summed E-state index contributed by atoms with van der Waals surface area (Å²) < 4.78 is 93.5. The zero-order valence-electron chi connectivity index (χ0n) is 22.0. The summed E-state index contributed by atoms with van der Waals surface area (Å²) in [5.41, 5.74) is -1.99. The lowest BCUT2D eigenvalue weighted by Gasteiger charge is -2.32. The second-order valence-corrected chi connectivity index (χ2v) is 11.6. The highest BCUT2D eigenvalue weighted by atomic mass is 32.2. The van der Waals surface area contributed by atoms with Gasteiger partial charge in [-0.25, -0.2) is 26.6 Å². The summed E-state index contributed by atoms with van der Waals surface area (Å²) >= 11 is 0. The lowest BCUT2D eigenvalue weighted by Crippen LogP contribution is -2.40. The number of nitrogens with one attached hydrogen (secondary N) is 2. The van der Waals surface area contributed by atoms with Crippen LogP contribution in [0.1, 0.15) is 41.7 Å². The number of nitrogens with zero attached hydrogens (tertiary/aromatic N) is 4. The van der Waals surface area contributed by atoms with Crippen LogP contribution >= 0.6 is 0 Å². The number of carbonyl (C=O) groups is 1. The van der Waals surface area contributed by atoms with Gasteiger partial charge in [0.15, 0.2) is 0 Å². The first kappa shape index (κ1) is 30.4. The Morgan fingerprint density at radius 2 is 1.73 bits per heavy atom. The Morgan fingerprint density at radius 1 is 1.07 bits per heavy atom. The van der Waals surface area contributed by atoms with E-state index < -0.39 is 40.0 Å². The molecule has 3 heterocycles. The first-order chi connectivity index (χ1) is 19.3. The largest absolute Gasteiger partial charge is 0.392 e. The first-order valence-corrected chi connectivity index (χ1v) is 14.3. The van der Waals surface area contributed by atoms with Gasteiger partial charge in [0.1, 0.15) is 5.82 Å². The van der Waals surface area contributed by atoms with Gasteiger partial charge >= 0.3 is 0 Å². The molecular formula is C25H29F5N6O4S. The highest BCUT2D eigenvalue weighted by Crippen LogP contribution is 2.32. The fraction of sp³-hybridized carbons (Fsp3) is 0.480.